The predicted octanol–water partition coefficient (Wildman–Crippen LogP) is 2.71. The molecule has 3 saturated heterocycles. The van der Waals surface area contributed by atoms with Crippen LogP contribution in [0, 0.1) is 0 Å². The highest BCUT2D eigenvalue weighted by molar-refractivity contribution is 6.12. The summed E-state index contributed by atoms with van der Waals surface area (Å²) in [7, 11) is 3.94. The molecule has 0 aromatic carbocycles. The van der Waals surface area contributed by atoms with Crippen LogP contribution in [-0.2, 0) is 9.47 Å². The van der Waals surface area contributed by atoms with Gasteiger partial charge in [0.2, 0.25) is 0 Å². The van der Waals surface area contributed by atoms with Crippen LogP contribution in [0.2, 0.25) is 0 Å². The van der Waals surface area contributed by atoms with E-state index in [1.165, 1.54) is 0 Å². The Morgan fingerprint density at radius 2 is 1.82 bits per heavy atom. The van der Waals surface area contributed by atoms with Crippen LogP contribution in [0.3, 0.4) is 0 Å². The third-order valence-corrected chi connectivity index (χ3v) is 9.37. The molecule has 3 aliphatic rings. The molecule has 15 nitrogen and oxygen atoms in total. The van der Waals surface area contributed by atoms with Gasteiger partial charge >= 0.3 is 0 Å². The topological polar surface area (TPSA) is 169 Å². The Balaban J connectivity index is 1.19. The largest absolute Gasteiger partial charge is 0.384 e. The van der Waals surface area contributed by atoms with Gasteiger partial charge in [-0.2, -0.15) is 19.2 Å². The van der Waals surface area contributed by atoms with E-state index in [1.807, 2.05) is 66.4 Å². The Morgan fingerprint density at radius 3 is 2.61 bits per heavy atom. The molecule has 49 heavy (non-hydrogen) atoms. The molecule has 254 valence electrons. The monoisotopic (exact) mass is 663 g/mol. The number of hydrogen-bond acceptors (Lipinski definition) is 13. The molecule has 1 unspecified atom stereocenters. The lowest BCUT2D eigenvalue weighted by molar-refractivity contribution is -0.187. The zero-order valence-corrected chi connectivity index (χ0v) is 27.7. The van der Waals surface area contributed by atoms with Crippen molar-refractivity contribution in [3.05, 3.63) is 66.5 Å². The molecule has 5 aromatic rings. The quantitative estimate of drug-likeness (QED) is 0.179. The van der Waals surface area contributed by atoms with E-state index < -0.39 is 5.79 Å². The summed E-state index contributed by atoms with van der Waals surface area (Å²) in [5.74, 6) is 1.03. The molecule has 0 radical (unpaired) electrons. The number of anilines is 2. The maximum absolute atomic E-state index is 6.59. The number of nitrogens with two attached hydrogens (primary N) is 1. The number of nitrogens with one attached hydrogen (secondary N) is 3. The molecule has 1 atom stereocenters. The molecule has 3 fully saturated rings. The minimum Gasteiger partial charge on any atom is -0.384 e. The normalized spacial score (nSPS) is 20.2. The predicted molar refractivity (Wildman–Crippen MR) is 188 cm³/mol. The molecule has 5 aromatic heterocycles. The fourth-order valence-corrected chi connectivity index (χ4v) is 6.99. The van der Waals surface area contributed by atoms with Crippen molar-refractivity contribution in [2.45, 2.75) is 37.0 Å². The molecule has 0 amide bonds. The minimum atomic E-state index is -0.708. The maximum atomic E-state index is 6.59. The minimum absolute atomic E-state index is 0.124. The number of nitrogen functional groups attached to an aromatic ring is 1. The lowest BCUT2D eigenvalue weighted by Gasteiger charge is -2.39. The number of hydrogen-bond donors (Lipinski definition) is 4. The summed E-state index contributed by atoms with van der Waals surface area (Å²) in [4.78, 5) is 21.2. The van der Waals surface area contributed by atoms with E-state index in [1.54, 1.807) is 23.1 Å². The van der Waals surface area contributed by atoms with Gasteiger partial charge in [-0.1, -0.05) is 0 Å². The van der Waals surface area contributed by atoms with Crippen LogP contribution in [0.5, 0.6) is 0 Å². The van der Waals surface area contributed by atoms with Gasteiger partial charge in [0, 0.05) is 93.3 Å². The number of aliphatic imine (C=N–C) groups is 1. The van der Waals surface area contributed by atoms with E-state index in [9.17, 15) is 0 Å². The van der Waals surface area contributed by atoms with E-state index in [0.29, 0.717) is 48.7 Å². The van der Waals surface area contributed by atoms with Gasteiger partial charge in [-0.25, -0.2) is 15.0 Å². The second-order valence-corrected chi connectivity index (χ2v) is 12.9. The Labute approximate surface area is 283 Å². The van der Waals surface area contributed by atoms with Gasteiger partial charge in [-0.05, 0) is 43.6 Å². The van der Waals surface area contributed by atoms with Gasteiger partial charge in [-0.3, -0.25) is 4.98 Å². The average Bonchev–Trinajstić information content (AvgIpc) is 3.87. The van der Waals surface area contributed by atoms with Crippen molar-refractivity contribution in [3.63, 3.8) is 0 Å². The van der Waals surface area contributed by atoms with E-state index in [0.717, 1.165) is 72.7 Å². The average molecular weight is 664 g/mol. The molecule has 8 rings (SSSR count). The first-order valence-electron chi connectivity index (χ1n) is 16.8. The fourth-order valence-electron chi connectivity index (χ4n) is 6.99. The maximum Gasteiger partial charge on any atom is 0.179 e. The fraction of sp³-hybridized carbons (Fsp3) is 0.412. The van der Waals surface area contributed by atoms with Gasteiger partial charge in [-0.15, -0.1) is 0 Å². The van der Waals surface area contributed by atoms with Gasteiger partial charge in [0.1, 0.15) is 11.6 Å². The van der Waals surface area contributed by atoms with E-state index in [-0.39, 0.29) is 5.92 Å². The number of pyridine rings is 1. The molecule has 0 saturated carbocycles. The summed E-state index contributed by atoms with van der Waals surface area (Å²) < 4.78 is 15.9. The molecule has 0 bridgehead atoms. The number of rotatable bonds is 8. The number of piperidine rings is 2. The zero-order chi connectivity index (χ0) is 33.4. The molecular weight excluding hydrogens is 622 g/mol. The molecule has 8 heterocycles. The number of nitrogens with zero attached hydrogens (tertiary/aromatic N) is 9. The van der Waals surface area contributed by atoms with Gasteiger partial charge < -0.3 is 36.1 Å². The summed E-state index contributed by atoms with van der Waals surface area (Å²) in [6.07, 6.45) is 13.7. The number of aromatic nitrogens is 7. The van der Waals surface area contributed by atoms with E-state index in [2.05, 4.69) is 26.0 Å². The van der Waals surface area contributed by atoms with Crippen LogP contribution >= 0.6 is 0 Å². The molecule has 5 N–H and O–H groups in total. The molecule has 15 heteroatoms. The summed E-state index contributed by atoms with van der Waals surface area (Å²) in [6, 6.07) is 8.05. The molecule has 1 spiro atoms. The Morgan fingerprint density at radius 1 is 1.02 bits per heavy atom. The third-order valence-electron chi connectivity index (χ3n) is 9.37. The highest BCUT2D eigenvalue weighted by Crippen LogP contribution is 2.40. The van der Waals surface area contributed by atoms with Gasteiger partial charge in [0.25, 0.3) is 0 Å². The summed E-state index contributed by atoms with van der Waals surface area (Å²) in [6.45, 7) is 4.56. The van der Waals surface area contributed by atoms with Crippen LogP contribution in [0.4, 0.5) is 17.5 Å². The van der Waals surface area contributed by atoms with Crippen molar-refractivity contribution in [1.82, 2.24) is 49.7 Å². The van der Waals surface area contributed by atoms with Crippen molar-refractivity contribution in [1.29, 1.82) is 0 Å². The second-order valence-electron chi connectivity index (χ2n) is 12.9. The van der Waals surface area contributed by atoms with Crippen LogP contribution in [0.25, 0.3) is 28.0 Å². The Kier molecular flexibility index (Phi) is 8.41. The lowest BCUT2D eigenvalue weighted by atomic mass is 9.88. The van der Waals surface area contributed by atoms with Crippen LogP contribution in [0.1, 0.15) is 36.4 Å². The van der Waals surface area contributed by atoms with Crippen LogP contribution < -0.4 is 21.7 Å². The third kappa shape index (κ3) is 6.10. The van der Waals surface area contributed by atoms with Crippen LogP contribution in [-0.4, -0.2) is 111 Å². The van der Waals surface area contributed by atoms with Crippen molar-refractivity contribution < 1.29 is 9.47 Å². The number of ether oxygens (including phenoxy) is 2. The van der Waals surface area contributed by atoms with E-state index >= 15 is 0 Å². The molecule has 3 aliphatic heterocycles. The van der Waals surface area contributed by atoms with Crippen molar-refractivity contribution in [2.24, 2.45) is 4.99 Å². The second kappa shape index (κ2) is 13.2. The van der Waals surface area contributed by atoms with Crippen molar-refractivity contribution in [2.75, 3.05) is 64.5 Å². The number of fused-ring (bicyclic) bond motifs is 2. The summed E-state index contributed by atoms with van der Waals surface area (Å²) >= 11 is 0. The van der Waals surface area contributed by atoms with Crippen molar-refractivity contribution >= 4 is 40.5 Å². The first-order chi connectivity index (χ1) is 24.0. The van der Waals surface area contributed by atoms with E-state index in [4.69, 9.17) is 35.3 Å². The highest BCUT2D eigenvalue weighted by atomic mass is 16.7. The Hall–Kier alpha value is -4.96. The van der Waals surface area contributed by atoms with Gasteiger partial charge in [0.15, 0.2) is 22.9 Å². The standard InChI is InChI=1S/C34H41N13O2/c1-45(2)21-23(26-19-40-46-29(35)15-28(43-32(26)46)27-20-38-12-7-34(27)48-13-14-49-34)17-39-30-16-31(42-24-5-10-37-11-6-24)47-33(44-30)25(18-41-47)22-3-8-36-9-4-22/h3-4,8-9,15-19,21,24,27,37-38,42H,5-7,10-14,20,35H2,1-2H3/b23-21+,39-17?. The lowest BCUT2D eigenvalue weighted by Crippen LogP contribution is -2.49. The smallest absolute Gasteiger partial charge is 0.179 e. The SMILES string of the molecule is CN(C)/C=C(\C=Nc1cc(NC2CCNCC2)n2ncc(-c3ccncc3)c2n1)c1cnn2c(N)cc(C3CNCCC34OCCO4)nc12. The van der Waals surface area contributed by atoms with Gasteiger partial charge in [0.05, 0.1) is 37.2 Å². The summed E-state index contributed by atoms with van der Waals surface area (Å²) in [5.41, 5.74) is 12.2. The molecule has 0 aliphatic carbocycles. The van der Waals surface area contributed by atoms with Crippen molar-refractivity contribution in [3.8, 4) is 11.1 Å². The first-order valence-corrected chi connectivity index (χ1v) is 16.8. The summed E-state index contributed by atoms with van der Waals surface area (Å²) in [5, 5.41) is 20.0. The zero-order valence-electron chi connectivity index (χ0n) is 27.7. The highest BCUT2D eigenvalue weighted by Gasteiger charge is 2.47. The first kappa shape index (κ1) is 31.3. The number of allylic oxidation sites excluding steroid dienone is 1. The van der Waals surface area contributed by atoms with Crippen LogP contribution in [0.15, 0.2) is 60.2 Å². The molecular formula is C34H41N13O2. The Bertz CT molecular complexity index is 2010.